The topological polar surface area (TPSA) is 67.1 Å². The SMILES string of the molecule is CCN(c1nc(C(C)(C)C)nc(NN)c1C)C1CCCC1. The van der Waals surface area contributed by atoms with Crippen LogP contribution in [0.25, 0.3) is 0 Å². The van der Waals surface area contributed by atoms with Crippen molar-refractivity contribution in [3.05, 3.63) is 11.4 Å². The Morgan fingerprint density at radius 3 is 2.33 bits per heavy atom. The first-order valence-corrected chi connectivity index (χ1v) is 8.00. The third-order valence-electron chi connectivity index (χ3n) is 4.31. The lowest BCUT2D eigenvalue weighted by molar-refractivity contribution is 0.538. The molecule has 0 amide bonds. The quantitative estimate of drug-likeness (QED) is 0.659. The highest BCUT2D eigenvalue weighted by molar-refractivity contribution is 5.59. The molecule has 3 N–H and O–H groups in total. The highest BCUT2D eigenvalue weighted by atomic mass is 15.3. The molecule has 5 heteroatoms. The average Bonchev–Trinajstić information content (AvgIpc) is 2.94. The molecule has 1 heterocycles. The van der Waals surface area contributed by atoms with Gasteiger partial charge in [-0.1, -0.05) is 33.6 Å². The fourth-order valence-corrected chi connectivity index (χ4v) is 3.06. The number of hydrazine groups is 1. The number of nitrogens with two attached hydrogens (primary N) is 1. The molecule has 0 atom stereocenters. The first-order chi connectivity index (χ1) is 9.88. The van der Waals surface area contributed by atoms with Crippen LogP contribution < -0.4 is 16.2 Å². The molecule has 0 bridgehead atoms. The second-order valence-corrected chi connectivity index (χ2v) is 6.96. The van der Waals surface area contributed by atoms with Gasteiger partial charge < -0.3 is 10.3 Å². The summed E-state index contributed by atoms with van der Waals surface area (Å²) >= 11 is 0. The number of hydrogen-bond acceptors (Lipinski definition) is 5. The minimum absolute atomic E-state index is 0.0941. The monoisotopic (exact) mass is 291 g/mol. The van der Waals surface area contributed by atoms with E-state index in [1.807, 2.05) is 0 Å². The molecule has 0 radical (unpaired) electrons. The standard InChI is InChI=1S/C16H29N5/c1-6-21(12-9-7-8-10-12)14-11(2)13(20-17)18-15(19-14)16(3,4)5/h12H,6-10,17H2,1-5H3,(H,18,19,20). The van der Waals surface area contributed by atoms with Gasteiger partial charge in [-0.2, -0.15) is 0 Å². The molecule has 0 aromatic carbocycles. The summed E-state index contributed by atoms with van der Waals surface area (Å²) in [5, 5.41) is 0. The van der Waals surface area contributed by atoms with Gasteiger partial charge in [0.2, 0.25) is 0 Å². The fourth-order valence-electron chi connectivity index (χ4n) is 3.06. The minimum Gasteiger partial charge on any atom is -0.354 e. The summed E-state index contributed by atoms with van der Waals surface area (Å²) in [5.41, 5.74) is 3.69. The van der Waals surface area contributed by atoms with Crippen molar-refractivity contribution in [3.63, 3.8) is 0 Å². The van der Waals surface area contributed by atoms with Gasteiger partial charge in [-0.3, -0.25) is 0 Å². The van der Waals surface area contributed by atoms with Gasteiger partial charge in [-0.15, -0.1) is 0 Å². The van der Waals surface area contributed by atoms with Crippen LogP contribution in [-0.2, 0) is 5.41 Å². The molecule has 1 aliphatic rings. The summed E-state index contributed by atoms with van der Waals surface area (Å²) in [6.07, 6.45) is 5.15. The maximum atomic E-state index is 5.67. The summed E-state index contributed by atoms with van der Waals surface area (Å²) in [6.45, 7) is 11.6. The van der Waals surface area contributed by atoms with Crippen LogP contribution in [0.3, 0.4) is 0 Å². The molecule has 118 valence electrons. The van der Waals surface area contributed by atoms with E-state index >= 15 is 0 Å². The number of aromatic nitrogens is 2. The Balaban J connectivity index is 2.49. The first kappa shape index (κ1) is 16.0. The number of nitrogens with one attached hydrogen (secondary N) is 1. The van der Waals surface area contributed by atoms with Crippen molar-refractivity contribution in [1.82, 2.24) is 9.97 Å². The van der Waals surface area contributed by atoms with Crippen LogP contribution in [0.2, 0.25) is 0 Å². The van der Waals surface area contributed by atoms with Gasteiger partial charge in [-0.25, -0.2) is 15.8 Å². The molecule has 2 rings (SSSR count). The lowest BCUT2D eigenvalue weighted by atomic mass is 9.95. The molecule has 1 aliphatic carbocycles. The van der Waals surface area contributed by atoms with Crippen LogP contribution in [-0.4, -0.2) is 22.6 Å². The van der Waals surface area contributed by atoms with E-state index < -0.39 is 0 Å². The summed E-state index contributed by atoms with van der Waals surface area (Å²) in [6, 6.07) is 0.599. The van der Waals surface area contributed by atoms with Crippen LogP contribution in [0.15, 0.2) is 0 Å². The highest BCUT2D eigenvalue weighted by Crippen LogP contribution is 2.32. The summed E-state index contributed by atoms with van der Waals surface area (Å²) < 4.78 is 0. The zero-order valence-electron chi connectivity index (χ0n) is 14.0. The fraction of sp³-hybridized carbons (Fsp3) is 0.750. The van der Waals surface area contributed by atoms with Gasteiger partial charge in [-0.05, 0) is 26.7 Å². The zero-order valence-corrected chi connectivity index (χ0v) is 14.0. The second-order valence-electron chi connectivity index (χ2n) is 6.96. The van der Waals surface area contributed by atoms with E-state index in [9.17, 15) is 0 Å². The Morgan fingerprint density at radius 2 is 1.86 bits per heavy atom. The van der Waals surface area contributed by atoms with Crippen molar-refractivity contribution >= 4 is 11.6 Å². The van der Waals surface area contributed by atoms with E-state index in [2.05, 4.69) is 49.9 Å². The molecule has 0 unspecified atom stereocenters. The lowest BCUT2D eigenvalue weighted by Crippen LogP contribution is -2.35. The number of nitrogens with zero attached hydrogens (tertiary/aromatic N) is 3. The van der Waals surface area contributed by atoms with Crippen LogP contribution in [0.1, 0.15) is 64.8 Å². The summed E-state index contributed by atoms with van der Waals surface area (Å²) in [5.74, 6) is 8.28. The molecular weight excluding hydrogens is 262 g/mol. The Morgan fingerprint density at radius 1 is 1.24 bits per heavy atom. The number of anilines is 2. The Kier molecular flexibility index (Phi) is 4.71. The van der Waals surface area contributed by atoms with E-state index in [0.29, 0.717) is 6.04 Å². The molecular formula is C16H29N5. The van der Waals surface area contributed by atoms with Crippen LogP contribution >= 0.6 is 0 Å². The predicted octanol–water partition coefficient (Wildman–Crippen LogP) is 3.14. The molecule has 0 aliphatic heterocycles. The van der Waals surface area contributed by atoms with Gasteiger partial charge in [0.25, 0.3) is 0 Å². The molecule has 5 nitrogen and oxygen atoms in total. The number of hydrogen-bond donors (Lipinski definition) is 2. The van der Waals surface area contributed by atoms with Gasteiger partial charge >= 0.3 is 0 Å². The van der Waals surface area contributed by atoms with Crippen molar-refractivity contribution in [2.45, 2.75) is 71.8 Å². The van der Waals surface area contributed by atoms with Gasteiger partial charge in [0.15, 0.2) is 0 Å². The minimum atomic E-state index is -0.0941. The third-order valence-corrected chi connectivity index (χ3v) is 4.31. The maximum Gasteiger partial charge on any atom is 0.148 e. The summed E-state index contributed by atoms with van der Waals surface area (Å²) in [7, 11) is 0. The van der Waals surface area contributed by atoms with E-state index in [4.69, 9.17) is 10.8 Å². The van der Waals surface area contributed by atoms with Crippen LogP contribution in [0.5, 0.6) is 0 Å². The van der Waals surface area contributed by atoms with Crippen LogP contribution in [0, 0.1) is 6.92 Å². The molecule has 1 saturated carbocycles. The Labute approximate surface area is 128 Å². The van der Waals surface area contributed by atoms with Crippen LogP contribution in [0.4, 0.5) is 11.6 Å². The molecule has 1 aromatic rings. The van der Waals surface area contributed by atoms with Crippen molar-refractivity contribution in [2.24, 2.45) is 5.84 Å². The van der Waals surface area contributed by atoms with E-state index in [1.165, 1.54) is 25.7 Å². The molecule has 0 spiro atoms. The normalized spacial score (nSPS) is 16.3. The van der Waals surface area contributed by atoms with E-state index in [1.54, 1.807) is 0 Å². The first-order valence-electron chi connectivity index (χ1n) is 8.00. The molecule has 1 aromatic heterocycles. The van der Waals surface area contributed by atoms with Crippen molar-refractivity contribution in [3.8, 4) is 0 Å². The van der Waals surface area contributed by atoms with Crippen molar-refractivity contribution < 1.29 is 0 Å². The number of rotatable bonds is 4. The molecule has 1 fully saturated rings. The second kappa shape index (κ2) is 6.18. The largest absolute Gasteiger partial charge is 0.354 e. The Bertz CT molecular complexity index is 486. The van der Waals surface area contributed by atoms with Gasteiger partial charge in [0, 0.05) is 23.6 Å². The Hall–Kier alpha value is -1.36. The third kappa shape index (κ3) is 3.28. The van der Waals surface area contributed by atoms with Gasteiger partial charge in [0.05, 0.1) is 0 Å². The smallest absolute Gasteiger partial charge is 0.148 e. The van der Waals surface area contributed by atoms with Gasteiger partial charge in [0.1, 0.15) is 17.5 Å². The summed E-state index contributed by atoms with van der Waals surface area (Å²) in [4.78, 5) is 11.9. The maximum absolute atomic E-state index is 5.67. The average molecular weight is 291 g/mol. The lowest BCUT2D eigenvalue weighted by Gasteiger charge is -2.32. The molecule has 0 saturated heterocycles. The predicted molar refractivity (Wildman–Crippen MR) is 88.6 cm³/mol. The van der Waals surface area contributed by atoms with Crippen molar-refractivity contribution in [2.75, 3.05) is 16.9 Å². The highest BCUT2D eigenvalue weighted by Gasteiger charge is 2.27. The number of nitrogen functional groups attached to an aromatic ring is 1. The van der Waals surface area contributed by atoms with Crippen molar-refractivity contribution in [1.29, 1.82) is 0 Å². The zero-order chi connectivity index (χ0) is 15.6. The molecule has 21 heavy (non-hydrogen) atoms. The van der Waals surface area contributed by atoms with E-state index in [-0.39, 0.29) is 5.41 Å². The van der Waals surface area contributed by atoms with E-state index in [0.717, 1.165) is 29.6 Å².